The van der Waals surface area contributed by atoms with Crippen molar-refractivity contribution in [3.8, 4) is 0 Å². The van der Waals surface area contributed by atoms with E-state index in [2.05, 4.69) is 26.5 Å². The summed E-state index contributed by atoms with van der Waals surface area (Å²) >= 11 is 3.41. The molecule has 1 aromatic carbocycles. The van der Waals surface area contributed by atoms with Crippen LogP contribution < -0.4 is 5.43 Å². The van der Waals surface area contributed by atoms with E-state index in [-0.39, 0.29) is 0 Å². The maximum Gasteiger partial charge on any atom is 0.0573 e. The zero-order chi connectivity index (χ0) is 9.10. The molecule has 3 heteroatoms. The van der Waals surface area contributed by atoms with Gasteiger partial charge in [0.15, 0.2) is 0 Å². The number of nitrogens with one attached hydrogen (secondary N) is 1. The molecule has 0 unspecified atom stereocenters. The lowest BCUT2D eigenvalue weighted by molar-refractivity contribution is 0.798. The van der Waals surface area contributed by atoms with Crippen molar-refractivity contribution in [2.45, 2.75) is 19.3 Å². The smallest absolute Gasteiger partial charge is 0.0573 e. The molecule has 0 aliphatic heterocycles. The van der Waals surface area contributed by atoms with Crippen molar-refractivity contribution >= 4 is 27.3 Å². The Bertz CT molecular complexity index is 327. The summed E-state index contributed by atoms with van der Waals surface area (Å²) in [5.74, 6) is 0. The topological polar surface area (TPSA) is 24.4 Å². The Hall–Kier alpha value is -0.830. The highest BCUT2D eigenvalue weighted by molar-refractivity contribution is 9.10. The van der Waals surface area contributed by atoms with Crippen molar-refractivity contribution < 1.29 is 0 Å². The summed E-state index contributed by atoms with van der Waals surface area (Å²) in [7, 11) is 0. The number of rotatable bonds is 2. The van der Waals surface area contributed by atoms with Crippen LogP contribution in [0.1, 0.15) is 19.3 Å². The Morgan fingerprint density at radius 3 is 2.77 bits per heavy atom. The van der Waals surface area contributed by atoms with Gasteiger partial charge in [-0.1, -0.05) is 22.0 Å². The molecule has 2 rings (SSSR count). The highest BCUT2D eigenvalue weighted by Crippen LogP contribution is 2.18. The van der Waals surface area contributed by atoms with Crippen molar-refractivity contribution in [2.24, 2.45) is 5.10 Å². The maximum absolute atomic E-state index is 4.29. The van der Waals surface area contributed by atoms with E-state index in [1.54, 1.807) is 0 Å². The van der Waals surface area contributed by atoms with Crippen molar-refractivity contribution in [3.05, 3.63) is 28.7 Å². The first kappa shape index (κ1) is 8.75. The molecule has 0 spiro atoms. The van der Waals surface area contributed by atoms with E-state index >= 15 is 0 Å². The number of hydrogen-bond acceptors (Lipinski definition) is 2. The summed E-state index contributed by atoms with van der Waals surface area (Å²) in [6.07, 6.45) is 3.60. The van der Waals surface area contributed by atoms with Crippen LogP contribution in [0.2, 0.25) is 0 Å². The molecular formula is C10H11BrN2. The molecule has 1 aliphatic rings. The van der Waals surface area contributed by atoms with Gasteiger partial charge in [-0.3, -0.25) is 5.43 Å². The molecule has 1 fully saturated rings. The number of hydrogen-bond donors (Lipinski definition) is 1. The molecular weight excluding hydrogens is 228 g/mol. The van der Waals surface area contributed by atoms with Gasteiger partial charge < -0.3 is 0 Å². The molecule has 0 aromatic heterocycles. The lowest BCUT2D eigenvalue weighted by Crippen LogP contribution is -2.11. The fourth-order valence-electron chi connectivity index (χ4n) is 1.15. The predicted octanol–water partition coefficient (Wildman–Crippen LogP) is 3.40. The van der Waals surface area contributed by atoms with Gasteiger partial charge in [0, 0.05) is 10.2 Å². The minimum absolute atomic E-state index is 1.04. The monoisotopic (exact) mass is 238 g/mol. The second kappa shape index (κ2) is 3.92. The Morgan fingerprint density at radius 1 is 1.31 bits per heavy atom. The van der Waals surface area contributed by atoms with Crippen molar-refractivity contribution in [1.82, 2.24) is 0 Å². The Labute approximate surface area is 86.2 Å². The molecule has 0 radical (unpaired) electrons. The predicted molar refractivity (Wildman–Crippen MR) is 59.1 cm³/mol. The largest absolute Gasteiger partial charge is 0.279 e. The van der Waals surface area contributed by atoms with E-state index in [4.69, 9.17) is 0 Å². The van der Waals surface area contributed by atoms with Crippen LogP contribution in [0, 0.1) is 0 Å². The number of halogens is 1. The first-order chi connectivity index (χ1) is 6.34. The molecule has 0 bridgehead atoms. The third-order valence-corrected chi connectivity index (χ3v) is 2.59. The highest BCUT2D eigenvalue weighted by atomic mass is 79.9. The van der Waals surface area contributed by atoms with Gasteiger partial charge in [-0.25, -0.2) is 0 Å². The number of benzene rings is 1. The van der Waals surface area contributed by atoms with Gasteiger partial charge in [0.2, 0.25) is 0 Å². The molecule has 1 N–H and O–H groups in total. The van der Waals surface area contributed by atoms with Crippen LogP contribution in [-0.4, -0.2) is 5.71 Å². The lowest BCUT2D eigenvalue weighted by atomic mass is 9.98. The number of hydrazone groups is 1. The van der Waals surface area contributed by atoms with E-state index in [1.807, 2.05) is 24.3 Å². The van der Waals surface area contributed by atoms with Gasteiger partial charge >= 0.3 is 0 Å². The van der Waals surface area contributed by atoms with Crippen molar-refractivity contribution in [3.63, 3.8) is 0 Å². The van der Waals surface area contributed by atoms with Crippen LogP contribution in [0.4, 0.5) is 5.69 Å². The van der Waals surface area contributed by atoms with Gasteiger partial charge in [-0.05, 0) is 37.5 Å². The van der Waals surface area contributed by atoms with Gasteiger partial charge in [-0.2, -0.15) is 5.10 Å². The maximum atomic E-state index is 4.29. The molecule has 0 heterocycles. The Kier molecular flexibility index (Phi) is 2.64. The van der Waals surface area contributed by atoms with Gasteiger partial charge in [-0.15, -0.1) is 0 Å². The van der Waals surface area contributed by atoms with Crippen molar-refractivity contribution in [1.29, 1.82) is 0 Å². The lowest BCUT2D eigenvalue weighted by Gasteiger charge is -2.14. The standard InChI is InChI=1S/C10H11BrN2/c11-8-3-1-6-10(7-8)13-12-9-4-2-5-9/h1,3,6-7,13H,2,4-5H2. The van der Waals surface area contributed by atoms with E-state index in [1.165, 1.54) is 12.1 Å². The molecule has 0 amide bonds. The average molecular weight is 239 g/mol. The summed E-state index contributed by atoms with van der Waals surface area (Å²) in [5, 5.41) is 4.29. The van der Waals surface area contributed by atoms with E-state index in [9.17, 15) is 0 Å². The Morgan fingerprint density at radius 2 is 2.15 bits per heavy atom. The second-order valence-electron chi connectivity index (χ2n) is 3.15. The second-order valence-corrected chi connectivity index (χ2v) is 4.07. The molecule has 1 aliphatic carbocycles. The van der Waals surface area contributed by atoms with Crippen LogP contribution in [0.5, 0.6) is 0 Å². The van der Waals surface area contributed by atoms with Gasteiger partial charge in [0.05, 0.1) is 5.69 Å². The minimum atomic E-state index is 1.04. The van der Waals surface area contributed by atoms with Crippen LogP contribution >= 0.6 is 15.9 Å². The van der Waals surface area contributed by atoms with E-state index < -0.39 is 0 Å². The van der Waals surface area contributed by atoms with Crippen LogP contribution in [0.25, 0.3) is 0 Å². The van der Waals surface area contributed by atoms with Crippen LogP contribution in [0.3, 0.4) is 0 Å². The molecule has 68 valence electrons. The zero-order valence-electron chi connectivity index (χ0n) is 7.26. The molecule has 2 nitrogen and oxygen atoms in total. The fraction of sp³-hybridized carbons (Fsp3) is 0.300. The minimum Gasteiger partial charge on any atom is -0.279 e. The van der Waals surface area contributed by atoms with Crippen molar-refractivity contribution in [2.75, 3.05) is 5.43 Å². The summed E-state index contributed by atoms with van der Waals surface area (Å²) in [4.78, 5) is 0. The fourth-order valence-corrected chi connectivity index (χ4v) is 1.55. The third-order valence-electron chi connectivity index (χ3n) is 2.10. The zero-order valence-corrected chi connectivity index (χ0v) is 8.84. The third kappa shape index (κ3) is 2.31. The SMILES string of the molecule is Brc1cccc(NN=C2CCC2)c1. The van der Waals surface area contributed by atoms with Crippen LogP contribution in [0.15, 0.2) is 33.8 Å². The summed E-state index contributed by atoms with van der Waals surface area (Å²) in [5.41, 5.74) is 5.36. The van der Waals surface area contributed by atoms with E-state index in [0.29, 0.717) is 0 Å². The molecule has 0 atom stereocenters. The van der Waals surface area contributed by atoms with Gasteiger partial charge in [0.25, 0.3) is 0 Å². The van der Waals surface area contributed by atoms with Gasteiger partial charge in [0.1, 0.15) is 0 Å². The summed E-state index contributed by atoms with van der Waals surface area (Å²) in [6.45, 7) is 0. The molecule has 1 aromatic rings. The highest BCUT2D eigenvalue weighted by Gasteiger charge is 2.09. The first-order valence-electron chi connectivity index (χ1n) is 4.41. The Balaban J connectivity index is 2.01. The summed E-state index contributed by atoms with van der Waals surface area (Å²) in [6, 6.07) is 8.02. The van der Waals surface area contributed by atoms with Crippen LogP contribution in [-0.2, 0) is 0 Å². The molecule has 13 heavy (non-hydrogen) atoms. The average Bonchev–Trinajstić information content (AvgIpc) is 2.01. The first-order valence-corrected chi connectivity index (χ1v) is 5.21. The molecule has 0 saturated heterocycles. The quantitative estimate of drug-likeness (QED) is 0.786. The summed E-state index contributed by atoms with van der Waals surface area (Å²) < 4.78 is 1.08. The number of nitrogens with zero attached hydrogens (tertiary/aromatic N) is 1. The van der Waals surface area contributed by atoms with E-state index in [0.717, 1.165) is 23.0 Å². The molecule has 1 saturated carbocycles. The number of anilines is 1. The normalized spacial score (nSPS) is 15.0.